The number of aromatic nitrogens is 4. The van der Waals surface area contributed by atoms with E-state index in [0.717, 1.165) is 16.6 Å². The van der Waals surface area contributed by atoms with Crippen LogP contribution in [0.4, 0.5) is 0 Å². The van der Waals surface area contributed by atoms with Crippen molar-refractivity contribution in [2.24, 2.45) is 7.05 Å². The smallest absolute Gasteiger partial charge is 0.300 e. The summed E-state index contributed by atoms with van der Waals surface area (Å²) < 4.78 is 5.23. The van der Waals surface area contributed by atoms with Gasteiger partial charge in [-0.2, -0.15) is 5.10 Å². The topological polar surface area (TPSA) is 44.8 Å². The van der Waals surface area contributed by atoms with Crippen LogP contribution in [0.2, 0.25) is 0 Å². The second kappa shape index (κ2) is 4.42. The molecule has 0 saturated carbocycles. The van der Waals surface area contributed by atoms with Crippen LogP contribution < -0.4 is 5.69 Å². The van der Waals surface area contributed by atoms with Crippen LogP contribution in [0.5, 0.6) is 0 Å². The van der Waals surface area contributed by atoms with Gasteiger partial charge in [0.1, 0.15) is 0 Å². The van der Waals surface area contributed by atoms with Crippen LogP contribution in [-0.4, -0.2) is 18.9 Å². The number of benzene rings is 1. The highest BCUT2D eigenvalue weighted by molar-refractivity contribution is 5.81. The summed E-state index contributed by atoms with van der Waals surface area (Å²) >= 11 is 0. The molecule has 5 heteroatoms. The molecular formula is C14H16N4O. The standard InChI is InChI=1S/C14H16N4O/c1-3-17-8-9-18(14(17)19)10-12-11-6-4-5-7-13(11)16(2)15-12/h4-9H,3,10H2,1-2H3. The van der Waals surface area contributed by atoms with Gasteiger partial charge in [0.05, 0.1) is 17.8 Å². The van der Waals surface area contributed by atoms with E-state index >= 15 is 0 Å². The summed E-state index contributed by atoms with van der Waals surface area (Å²) in [6, 6.07) is 8.06. The highest BCUT2D eigenvalue weighted by Gasteiger charge is 2.10. The number of hydrogen-bond donors (Lipinski definition) is 0. The SMILES string of the molecule is CCn1ccn(Cc2nn(C)c3ccccc23)c1=O. The Morgan fingerprint density at radius 1 is 1.16 bits per heavy atom. The number of fused-ring (bicyclic) bond motifs is 1. The third kappa shape index (κ3) is 1.87. The van der Waals surface area contributed by atoms with Gasteiger partial charge < -0.3 is 0 Å². The van der Waals surface area contributed by atoms with Crippen LogP contribution in [0.15, 0.2) is 41.5 Å². The van der Waals surface area contributed by atoms with Crippen molar-refractivity contribution in [2.75, 3.05) is 0 Å². The maximum atomic E-state index is 12.0. The van der Waals surface area contributed by atoms with E-state index in [2.05, 4.69) is 5.10 Å². The number of nitrogens with zero attached hydrogens (tertiary/aromatic N) is 4. The molecule has 2 aromatic heterocycles. The number of imidazole rings is 1. The minimum absolute atomic E-state index is 0.0113. The molecule has 0 aliphatic rings. The first-order valence-electron chi connectivity index (χ1n) is 6.37. The average molecular weight is 256 g/mol. The molecule has 98 valence electrons. The van der Waals surface area contributed by atoms with Gasteiger partial charge in [-0.3, -0.25) is 13.8 Å². The highest BCUT2D eigenvalue weighted by Crippen LogP contribution is 2.17. The van der Waals surface area contributed by atoms with E-state index in [1.165, 1.54) is 0 Å². The van der Waals surface area contributed by atoms with E-state index in [9.17, 15) is 4.79 Å². The lowest BCUT2D eigenvalue weighted by molar-refractivity contribution is 0.653. The van der Waals surface area contributed by atoms with Crippen LogP contribution in [0.25, 0.3) is 10.9 Å². The number of para-hydroxylation sites is 1. The molecule has 2 heterocycles. The summed E-state index contributed by atoms with van der Waals surface area (Å²) in [5.74, 6) is 0. The normalized spacial score (nSPS) is 11.3. The van der Waals surface area contributed by atoms with Crippen LogP contribution >= 0.6 is 0 Å². The van der Waals surface area contributed by atoms with Crippen molar-refractivity contribution in [3.63, 3.8) is 0 Å². The summed E-state index contributed by atoms with van der Waals surface area (Å²) in [5.41, 5.74) is 2.02. The fourth-order valence-electron chi connectivity index (χ4n) is 2.38. The van der Waals surface area contributed by atoms with Gasteiger partial charge in [0.15, 0.2) is 0 Å². The van der Waals surface area contributed by atoms with Gasteiger partial charge in [-0.05, 0) is 13.0 Å². The Kier molecular flexibility index (Phi) is 2.74. The van der Waals surface area contributed by atoms with Gasteiger partial charge in [0, 0.05) is 31.4 Å². The second-order valence-electron chi connectivity index (χ2n) is 4.58. The largest absolute Gasteiger partial charge is 0.328 e. The molecule has 0 N–H and O–H groups in total. The zero-order valence-electron chi connectivity index (χ0n) is 11.1. The Bertz CT molecular complexity index is 778. The summed E-state index contributed by atoms with van der Waals surface area (Å²) in [4.78, 5) is 12.0. The number of hydrogen-bond acceptors (Lipinski definition) is 2. The van der Waals surface area contributed by atoms with Gasteiger partial charge in [-0.25, -0.2) is 4.79 Å². The molecule has 0 unspecified atom stereocenters. The van der Waals surface area contributed by atoms with Gasteiger partial charge in [-0.1, -0.05) is 18.2 Å². The summed E-state index contributed by atoms with van der Waals surface area (Å²) in [5, 5.41) is 5.61. The second-order valence-corrected chi connectivity index (χ2v) is 4.58. The van der Waals surface area contributed by atoms with Crippen molar-refractivity contribution in [1.29, 1.82) is 0 Å². The molecule has 19 heavy (non-hydrogen) atoms. The first-order chi connectivity index (χ1) is 9.20. The molecule has 5 nitrogen and oxygen atoms in total. The molecule has 0 amide bonds. The third-order valence-electron chi connectivity index (χ3n) is 3.41. The Morgan fingerprint density at radius 2 is 1.89 bits per heavy atom. The van der Waals surface area contributed by atoms with Gasteiger partial charge in [-0.15, -0.1) is 0 Å². The van der Waals surface area contributed by atoms with Gasteiger partial charge >= 0.3 is 5.69 Å². The molecule has 0 radical (unpaired) electrons. The van der Waals surface area contributed by atoms with Crippen LogP contribution in [0.3, 0.4) is 0 Å². The van der Waals surface area contributed by atoms with Crippen molar-refractivity contribution in [3.05, 3.63) is 52.8 Å². The Labute approximate surface area is 110 Å². The van der Waals surface area contributed by atoms with Crippen molar-refractivity contribution >= 4 is 10.9 Å². The average Bonchev–Trinajstić information content (AvgIpc) is 2.93. The fraction of sp³-hybridized carbons (Fsp3) is 0.286. The van der Waals surface area contributed by atoms with E-state index < -0.39 is 0 Å². The maximum Gasteiger partial charge on any atom is 0.328 e. The summed E-state index contributed by atoms with van der Waals surface area (Å²) in [7, 11) is 1.92. The molecule has 0 aliphatic heterocycles. The molecule has 0 saturated heterocycles. The van der Waals surface area contributed by atoms with E-state index in [0.29, 0.717) is 13.1 Å². The van der Waals surface area contributed by atoms with Crippen LogP contribution in [0, 0.1) is 0 Å². The van der Waals surface area contributed by atoms with Crippen molar-refractivity contribution in [1.82, 2.24) is 18.9 Å². The Hall–Kier alpha value is -2.30. The third-order valence-corrected chi connectivity index (χ3v) is 3.41. The van der Waals surface area contributed by atoms with E-state index in [1.54, 1.807) is 9.13 Å². The minimum atomic E-state index is 0.0113. The number of aryl methyl sites for hydroxylation is 2. The molecule has 1 aromatic carbocycles. The van der Waals surface area contributed by atoms with Crippen molar-refractivity contribution < 1.29 is 0 Å². The summed E-state index contributed by atoms with van der Waals surface area (Å²) in [6.07, 6.45) is 3.63. The molecule has 3 aromatic rings. The minimum Gasteiger partial charge on any atom is -0.300 e. The molecular weight excluding hydrogens is 240 g/mol. The lowest BCUT2D eigenvalue weighted by Crippen LogP contribution is -2.24. The van der Waals surface area contributed by atoms with E-state index in [4.69, 9.17) is 0 Å². The molecule has 0 aliphatic carbocycles. The Morgan fingerprint density at radius 3 is 2.63 bits per heavy atom. The predicted octanol–water partition coefficient (Wildman–Crippen LogP) is 1.60. The Balaban J connectivity index is 2.06. The maximum absolute atomic E-state index is 12.0. The zero-order valence-corrected chi connectivity index (χ0v) is 11.1. The summed E-state index contributed by atoms with van der Waals surface area (Å²) in [6.45, 7) is 3.16. The first-order valence-corrected chi connectivity index (χ1v) is 6.37. The molecule has 0 bridgehead atoms. The van der Waals surface area contributed by atoms with Gasteiger partial charge in [0.25, 0.3) is 0 Å². The van der Waals surface area contributed by atoms with Crippen molar-refractivity contribution in [2.45, 2.75) is 20.0 Å². The quantitative estimate of drug-likeness (QED) is 0.714. The van der Waals surface area contributed by atoms with E-state index in [-0.39, 0.29) is 5.69 Å². The lowest BCUT2D eigenvalue weighted by Gasteiger charge is -1.99. The fourth-order valence-corrected chi connectivity index (χ4v) is 2.38. The molecule has 0 atom stereocenters. The number of rotatable bonds is 3. The molecule has 0 fully saturated rings. The van der Waals surface area contributed by atoms with Crippen LogP contribution in [0.1, 0.15) is 12.6 Å². The molecule has 3 rings (SSSR count). The monoisotopic (exact) mass is 256 g/mol. The lowest BCUT2D eigenvalue weighted by atomic mass is 10.2. The van der Waals surface area contributed by atoms with Crippen molar-refractivity contribution in [3.8, 4) is 0 Å². The highest BCUT2D eigenvalue weighted by atomic mass is 16.1. The zero-order chi connectivity index (χ0) is 13.4. The predicted molar refractivity (Wildman–Crippen MR) is 74.2 cm³/mol. The van der Waals surface area contributed by atoms with E-state index in [1.807, 2.05) is 55.3 Å². The van der Waals surface area contributed by atoms with Gasteiger partial charge in [0.2, 0.25) is 0 Å². The van der Waals surface area contributed by atoms with Crippen LogP contribution in [-0.2, 0) is 20.1 Å². The molecule has 0 spiro atoms. The first kappa shape index (κ1) is 11.8.